The predicted octanol–water partition coefficient (Wildman–Crippen LogP) is 4.07. The third kappa shape index (κ3) is 2.72. The van der Waals surface area contributed by atoms with Crippen molar-refractivity contribution in [1.29, 1.82) is 0 Å². The van der Waals surface area contributed by atoms with Crippen LogP contribution in [0.3, 0.4) is 0 Å². The van der Waals surface area contributed by atoms with Crippen molar-refractivity contribution >= 4 is 22.4 Å². The normalized spacial score (nSPS) is 17.8. The van der Waals surface area contributed by atoms with Crippen LogP contribution in [-0.2, 0) is 0 Å². The molecule has 136 valence electrons. The number of carbonyl (C=O) groups excluding carboxylic acids is 1. The second-order valence-electron chi connectivity index (χ2n) is 6.83. The second-order valence-corrected chi connectivity index (χ2v) is 6.83. The minimum Gasteiger partial charge on any atom is -0.505 e. The molecule has 3 aromatic rings. The molecule has 0 spiro atoms. The molecular weight excluding hydrogens is 346 g/mol. The van der Waals surface area contributed by atoms with Crippen LogP contribution < -0.4 is 4.74 Å². The van der Waals surface area contributed by atoms with E-state index in [1.54, 1.807) is 26.0 Å². The number of carbonyl (C=O) groups is 1. The third-order valence-corrected chi connectivity index (χ3v) is 4.62. The van der Waals surface area contributed by atoms with E-state index in [0.717, 1.165) is 0 Å². The fourth-order valence-electron chi connectivity index (χ4n) is 3.17. The van der Waals surface area contributed by atoms with E-state index in [2.05, 4.69) is 15.2 Å². The van der Waals surface area contributed by atoms with Gasteiger partial charge in [-0.2, -0.15) is 0 Å². The Morgan fingerprint density at radius 1 is 1.15 bits per heavy atom. The number of hydrogen-bond donors (Lipinski definition) is 2. The molecule has 4 rings (SSSR count). The maximum atomic E-state index is 12.2. The van der Waals surface area contributed by atoms with Crippen molar-refractivity contribution < 1.29 is 19.7 Å². The highest BCUT2D eigenvalue weighted by atomic mass is 16.5. The Kier molecular flexibility index (Phi) is 3.89. The molecule has 2 aromatic carbocycles. The van der Waals surface area contributed by atoms with Crippen LogP contribution in [0, 0.1) is 0 Å². The van der Waals surface area contributed by atoms with Crippen LogP contribution in [0.15, 0.2) is 59.0 Å². The number of aromatic hydroxyl groups is 1. The van der Waals surface area contributed by atoms with Gasteiger partial charge in [-0.1, -0.05) is 24.3 Å². The lowest BCUT2D eigenvalue weighted by Gasteiger charge is -2.21. The molecule has 7 heteroatoms. The maximum absolute atomic E-state index is 12.2. The van der Waals surface area contributed by atoms with Gasteiger partial charge in [0.1, 0.15) is 23.1 Å². The first kappa shape index (κ1) is 17.1. The van der Waals surface area contributed by atoms with Gasteiger partial charge in [-0.3, -0.25) is 9.78 Å². The topological polar surface area (TPSA) is 104 Å². The van der Waals surface area contributed by atoms with Crippen LogP contribution >= 0.6 is 0 Å². The first-order valence-corrected chi connectivity index (χ1v) is 8.41. The van der Waals surface area contributed by atoms with Gasteiger partial charge < -0.3 is 14.9 Å². The molecule has 1 aliphatic rings. The SMILES string of the molecule is CC1(C)Oc2c(c(O)c(N=NC(=O)c3ccncc3)c3ccccc23)C1O. The zero-order valence-electron chi connectivity index (χ0n) is 14.7. The number of nitrogens with zero attached hydrogens (tertiary/aromatic N) is 3. The fourth-order valence-corrected chi connectivity index (χ4v) is 3.17. The Morgan fingerprint density at radius 2 is 1.81 bits per heavy atom. The first-order valence-electron chi connectivity index (χ1n) is 8.41. The summed E-state index contributed by atoms with van der Waals surface area (Å²) in [4.78, 5) is 16.1. The highest BCUT2D eigenvalue weighted by Gasteiger charge is 2.44. The summed E-state index contributed by atoms with van der Waals surface area (Å²) in [5, 5.41) is 30.4. The average molecular weight is 363 g/mol. The van der Waals surface area contributed by atoms with Crippen LogP contribution in [0.5, 0.6) is 11.5 Å². The van der Waals surface area contributed by atoms with Crippen LogP contribution in [0.1, 0.15) is 35.9 Å². The number of aliphatic hydroxyl groups excluding tert-OH is 1. The molecule has 7 nitrogen and oxygen atoms in total. The zero-order chi connectivity index (χ0) is 19.2. The minimum atomic E-state index is -1.04. The summed E-state index contributed by atoms with van der Waals surface area (Å²) in [6.45, 7) is 3.47. The van der Waals surface area contributed by atoms with Gasteiger partial charge in [0.05, 0.1) is 5.56 Å². The number of azo groups is 1. The lowest BCUT2D eigenvalue weighted by atomic mass is 9.94. The quantitative estimate of drug-likeness (QED) is 0.668. The van der Waals surface area contributed by atoms with E-state index in [-0.39, 0.29) is 17.0 Å². The molecule has 0 bridgehead atoms. The number of aliphatic hydroxyl groups is 1. The largest absolute Gasteiger partial charge is 0.505 e. The predicted molar refractivity (Wildman–Crippen MR) is 98.4 cm³/mol. The molecule has 0 fully saturated rings. The fraction of sp³-hybridized carbons (Fsp3) is 0.200. The summed E-state index contributed by atoms with van der Waals surface area (Å²) < 4.78 is 5.89. The second kappa shape index (κ2) is 6.14. The van der Waals surface area contributed by atoms with Gasteiger partial charge in [-0.15, -0.1) is 10.2 Å². The number of amides is 1. The van der Waals surface area contributed by atoms with E-state index < -0.39 is 17.6 Å². The lowest BCUT2D eigenvalue weighted by molar-refractivity contribution is 0.000493. The molecule has 1 atom stereocenters. The first-order chi connectivity index (χ1) is 12.9. The van der Waals surface area contributed by atoms with E-state index in [4.69, 9.17) is 4.74 Å². The molecular formula is C20H17N3O4. The van der Waals surface area contributed by atoms with Crippen molar-refractivity contribution in [2.24, 2.45) is 10.2 Å². The number of fused-ring (bicyclic) bond motifs is 3. The molecule has 0 saturated carbocycles. The number of ether oxygens (including phenoxy) is 1. The maximum Gasteiger partial charge on any atom is 0.295 e. The summed E-state index contributed by atoms with van der Waals surface area (Å²) in [6, 6.07) is 10.2. The van der Waals surface area contributed by atoms with Crippen molar-refractivity contribution in [1.82, 2.24) is 4.98 Å². The van der Waals surface area contributed by atoms with Gasteiger partial charge in [0, 0.05) is 28.7 Å². The smallest absolute Gasteiger partial charge is 0.295 e. The van der Waals surface area contributed by atoms with E-state index in [1.165, 1.54) is 24.5 Å². The molecule has 1 aromatic heterocycles. The number of pyridine rings is 1. The Morgan fingerprint density at radius 3 is 2.52 bits per heavy atom. The number of rotatable bonds is 2. The van der Waals surface area contributed by atoms with Gasteiger partial charge in [-0.05, 0) is 26.0 Å². The van der Waals surface area contributed by atoms with Gasteiger partial charge in [0.25, 0.3) is 5.91 Å². The summed E-state index contributed by atoms with van der Waals surface area (Å²) in [5.41, 5.74) is -0.190. The van der Waals surface area contributed by atoms with Gasteiger partial charge in [0.15, 0.2) is 5.75 Å². The number of aromatic nitrogens is 1. The summed E-state index contributed by atoms with van der Waals surface area (Å²) in [6.07, 6.45) is 1.93. The van der Waals surface area contributed by atoms with Crippen LogP contribution in [0.4, 0.5) is 5.69 Å². The molecule has 0 radical (unpaired) electrons. The summed E-state index contributed by atoms with van der Waals surface area (Å²) >= 11 is 0. The monoisotopic (exact) mass is 363 g/mol. The molecule has 2 N–H and O–H groups in total. The lowest BCUT2D eigenvalue weighted by Crippen LogP contribution is -2.29. The Balaban J connectivity index is 1.87. The number of phenols is 1. The summed E-state index contributed by atoms with van der Waals surface area (Å²) in [7, 11) is 0. The number of benzene rings is 2. The molecule has 0 aliphatic carbocycles. The highest BCUT2D eigenvalue weighted by Crippen LogP contribution is 2.55. The third-order valence-electron chi connectivity index (χ3n) is 4.62. The van der Waals surface area contributed by atoms with E-state index in [1.807, 2.05) is 12.1 Å². The average Bonchev–Trinajstić information content (AvgIpc) is 2.92. The van der Waals surface area contributed by atoms with Crippen molar-refractivity contribution in [3.63, 3.8) is 0 Å². The molecule has 0 saturated heterocycles. The summed E-state index contributed by atoms with van der Waals surface area (Å²) in [5.74, 6) is -0.383. The molecule has 1 aliphatic heterocycles. The Labute approximate surface area is 155 Å². The van der Waals surface area contributed by atoms with E-state index in [0.29, 0.717) is 22.1 Å². The molecule has 1 amide bonds. The van der Waals surface area contributed by atoms with Crippen LogP contribution in [0.2, 0.25) is 0 Å². The van der Waals surface area contributed by atoms with Gasteiger partial charge in [-0.25, -0.2) is 0 Å². The van der Waals surface area contributed by atoms with E-state index >= 15 is 0 Å². The van der Waals surface area contributed by atoms with Crippen molar-refractivity contribution in [3.05, 3.63) is 59.9 Å². The number of phenolic OH excluding ortho intramolecular Hbond substituents is 1. The molecule has 1 unspecified atom stereocenters. The van der Waals surface area contributed by atoms with Crippen LogP contribution in [0.25, 0.3) is 10.8 Å². The Hall–Kier alpha value is -3.32. The van der Waals surface area contributed by atoms with E-state index in [9.17, 15) is 15.0 Å². The van der Waals surface area contributed by atoms with Crippen molar-refractivity contribution in [2.45, 2.75) is 25.6 Å². The highest BCUT2D eigenvalue weighted by molar-refractivity contribution is 6.02. The molecule has 27 heavy (non-hydrogen) atoms. The Bertz CT molecular complexity index is 1080. The van der Waals surface area contributed by atoms with Crippen molar-refractivity contribution in [2.75, 3.05) is 0 Å². The number of hydrogen-bond acceptors (Lipinski definition) is 6. The van der Waals surface area contributed by atoms with Crippen molar-refractivity contribution in [3.8, 4) is 11.5 Å². The minimum absolute atomic E-state index is 0.118. The zero-order valence-corrected chi connectivity index (χ0v) is 14.7. The molecule has 2 heterocycles. The van der Waals surface area contributed by atoms with Gasteiger partial charge in [0.2, 0.25) is 0 Å². The standard InChI is InChI=1S/C20H17N3O4/c1-20(2)18(25)14-16(24)15(12-5-3-4-6-13(12)17(14)27-20)22-23-19(26)11-7-9-21-10-8-11/h3-10,18,24-25H,1-2H3. The van der Waals surface area contributed by atoms with Crippen LogP contribution in [-0.4, -0.2) is 26.7 Å². The van der Waals surface area contributed by atoms with Gasteiger partial charge >= 0.3 is 0 Å².